The molecule has 0 atom stereocenters. The Kier molecular flexibility index (Phi) is 7.76. The summed E-state index contributed by atoms with van der Waals surface area (Å²) in [6.07, 6.45) is 4.45. The maximum atomic E-state index is 12.1. The molecule has 3 aromatic rings. The number of hydrogen-bond acceptors (Lipinski definition) is 7. The molecule has 0 spiro atoms. The van der Waals surface area contributed by atoms with Crippen molar-refractivity contribution in [1.82, 2.24) is 0 Å². The van der Waals surface area contributed by atoms with Crippen LogP contribution in [-0.4, -0.2) is 25.1 Å². The average Bonchev–Trinajstić information content (AvgIpc) is 2.86. The van der Waals surface area contributed by atoms with Crippen LogP contribution in [0, 0.1) is 21.4 Å². The molecule has 0 saturated carbocycles. The van der Waals surface area contributed by atoms with E-state index < -0.39 is 10.9 Å². The minimum Gasteiger partial charge on any atom is -0.493 e. The Balaban J connectivity index is 1.68. The molecule has 0 aromatic heterocycles. The molecule has 0 aliphatic heterocycles. The zero-order valence-electron chi connectivity index (χ0n) is 18.4. The second kappa shape index (κ2) is 11.1. The lowest BCUT2D eigenvalue weighted by atomic mass is 10.0. The van der Waals surface area contributed by atoms with Gasteiger partial charge in [0.25, 0.3) is 5.69 Å². The maximum absolute atomic E-state index is 12.1. The molecule has 0 unspecified atom stereocenters. The SMILES string of the molecule is COc1ccc(/C(C#N)=C\c2ccc(OC(=O)/C=C/c3ccc([N+](=O)[O-])cc3)cc2)cc1OC. The Morgan fingerprint density at radius 2 is 1.59 bits per heavy atom. The zero-order chi connectivity index (χ0) is 24.5. The van der Waals surface area contributed by atoms with Crippen LogP contribution in [-0.2, 0) is 4.79 Å². The number of nitrogens with zero attached hydrogens (tertiary/aromatic N) is 2. The number of esters is 1. The van der Waals surface area contributed by atoms with E-state index in [1.54, 1.807) is 55.7 Å². The maximum Gasteiger partial charge on any atom is 0.336 e. The van der Waals surface area contributed by atoms with Gasteiger partial charge in [-0.15, -0.1) is 0 Å². The number of non-ortho nitro benzene ring substituents is 1. The van der Waals surface area contributed by atoms with Gasteiger partial charge in [0, 0.05) is 18.2 Å². The van der Waals surface area contributed by atoms with Crippen LogP contribution in [0.25, 0.3) is 17.7 Å². The van der Waals surface area contributed by atoms with E-state index in [1.807, 2.05) is 0 Å². The van der Waals surface area contributed by atoms with Crippen molar-refractivity contribution in [3.63, 3.8) is 0 Å². The highest BCUT2D eigenvalue weighted by atomic mass is 16.6. The Labute approximate surface area is 196 Å². The number of nitro benzene ring substituents is 1. The quantitative estimate of drug-likeness (QED) is 0.0860. The molecule has 0 fully saturated rings. The Morgan fingerprint density at radius 3 is 2.18 bits per heavy atom. The summed E-state index contributed by atoms with van der Waals surface area (Å²) in [4.78, 5) is 22.3. The topological polar surface area (TPSA) is 112 Å². The van der Waals surface area contributed by atoms with Gasteiger partial charge in [0.1, 0.15) is 5.75 Å². The molecule has 0 aliphatic carbocycles. The number of carbonyl (C=O) groups is 1. The summed E-state index contributed by atoms with van der Waals surface area (Å²) in [6, 6.07) is 19.9. The van der Waals surface area contributed by atoms with E-state index in [1.165, 1.54) is 43.5 Å². The predicted octanol–water partition coefficient (Wildman–Crippen LogP) is 5.29. The first kappa shape index (κ1) is 23.8. The number of allylic oxidation sites excluding steroid dienone is 1. The fourth-order valence-corrected chi connectivity index (χ4v) is 3.00. The molecular weight excluding hydrogens is 436 g/mol. The first-order valence-electron chi connectivity index (χ1n) is 10.0. The van der Waals surface area contributed by atoms with Gasteiger partial charge in [-0.3, -0.25) is 10.1 Å². The predicted molar refractivity (Wildman–Crippen MR) is 127 cm³/mol. The molecule has 0 bridgehead atoms. The molecule has 3 rings (SSSR count). The molecule has 8 heteroatoms. The summed E-state index contributed by atoms with van der Waals surface area (Å²) in [5.74, 6) is 0.826. The molecule has 170 valence electrons. The molecule has 0 heterocycles. The molecule has 34 heavy (non-hydrogen) atoms. The van der Waals surface area contributed by atoms with Crippen LogP contribution in [0.4, 0.5) is 5.69 Å². The van der Waals surface area contributed by atoms with Crippen LogP contribution in [0.5, 0.6) is 17.2 Å². The number of carbonyl (C=O) groups excluding carboxylic acids is 1. The van der Waals surface area contributed by atoms with Gasteiger partial charge in [-0.1, -0.05) is 12.1 Å². The van der Waals surface area contributed by atoms with Crippen LogP contribution in [0.1, 0.15) is 16.7 Å². The number of nitriles is 1. The molecule has 0 aliphatic rings. The third-order valence-corrected chi connectivity index (χ3v) is 4.74. The van der Waals surface area contributed by atoms with Gasteiger partial charge in [0.2, 0.25) is 0 Å². The van der Waals surface area contributed by atoms with Crippen molar-refractivity contribution in [3.05, 3.63) is 99.6 Å². The lowest BCUT2D eigenvalue weighted by Crippen LogP contribution is -2.03. The third kappa shape index (κ3) is 6.08. The van der Waals surface area contributed by atoms with Gasteiger partial charge < -0.3 is 14.2 Å². The fourth-order valence-electron chi connectivity index (χ4n) is 3.00. The minimum atomic E-state index is -0.593. The third-order valence-electron chi connectivity index (χ3n) is 4.74. The van der Waals surface area contributed by atoms with Crippen LogP contribution >= 0.6 is 0 Å². The van der Waals surface area contributed by atoms with E-state index in [9.17, 15) is 20.2 Å². The van der Waals surface area contributed by atoms with Gasteiger partial charge in [0.05, 0.1) is 30.8 Å². The number of hydrogen-bond donors (Lipinski definition) is 0. The first-order valence-corrected chi connectivity index (χ1v) is 10.0. The highest BCUT2D eigenvalue weighted by Gasteiger charge is 2.09. The smallest absolute Gasteiger partial charge is 0.336 e. The summed E-state index contributed by atoms with van der Waals surface area (Å²) in [5, 5.41) is 20.3. The number of rotatable bonds is 8. The highest BCUT2D eigenvalue weighted by molar-refractivity contribution is 5.91. The summed E-state index contributed by atoms with van der Waals surface area (Å²) in [6.45, 7) is 0. The molecule has 8 nitrogen and oxygen atoms in total. The Hall–Kier alpha value is -4.90. The largest absolute Gasteiger partial charge is 0.493 e. The van der Waals surface area contributed by atoms with E-state index >= 15 is 0 Å². The van der Waals surface area contributed by atoms with Gasteiger partial charge in [-0.2, -0.15) is 5.26 Å². The van der Waals surface area contributed by atoms with E-state index in [0.717, 1.165) is 5.56 Å². The number of benzene rings is 3. The van der Waals surface area contributed by atoms with E-state index in [4.69, 9.17) is 14.2 Å². The fraction of sp³-hybridized carbons (Fsp3) is 0.0769. The van der Waals surface area contributed by atoms with E-state index in [2.05, 4.69) is 6.07 Å². The summed E-state index contributed by atoms with van der Waals surface area (Å²) >= 11 is 0. The van der Waals surface area contributed by atoms with Crippen LogP contribution < -0.4 is 14.2 Å². The number of ether oxygens (including phenoxy) is 3. The lowest BCUT2D eigenvalue weighted by Gasteiger charge is -2.09. The summed E-state index contributed by atoms with van der Waals surface area (Å²) in [7, 11) is 3.07. The normalized spacial score (nSPS) is 11.0. The average molecular weight is 456 g/mol. The monoisotopic (exact) mass is 456 g/mol. The number of nitro groups is 1. The van der Waals surface area contributed by atoms with Crippen molar-refractivity contribution in [2.24, 2.45) is 0 Å². The molecule has 0 radical (unpaired) electrons. The van der Waals surface area contributed by atoms with Crippen molar-refractivity contribution in [3.8, 4) is 23.3 Å². The Morgan fingerprint density at radius 1 is 0.941 bits per heavy atom. The highest BCUT2D eigenvalue weighted by Crippen LogP contribution is 2.31. The minimum absolute atomic E-state index is 0.0282. The molecule has 3 aromatic carbocycles. The van der Waals surface area contributed by atoms with Crippen molar-refractivity contribution >= 4 is 29.4 Å². The van der Waals surface area contributed by atoms with Gasteiger partial charge in [0.15, 0.2) is 11.5 Å². The van der Waals surface area contributed by atoms with Crippen molar-refractivity contribution < 1.29 is 23.9 Å². The number of methoxy groups -OCH3 is 2. The van der Waals surface area contributed by atoms with Crippen molar-refractivity contribution in [2.45, 2.75) is 0 Å². The van der Waals surface area contributed by atoms with Gasteiger partial charge in [-0.05, 0) is 71.3 Å². The van der Waals surface area contributed by atoms with E-state index in [0.29, 0.717) is 33.9 Å². The first-order chi connectivity index (χ1) is 16.4. The molecule has 0 N–H and O–H groups in total. The van der Waals surface area contributed by atoms with Crippen LogP contribution in [0.15, 0.2) is 72.8 Å². The zero-order valence-corrected chi connectivity index (χ0v) is 18.4. The van der Waals surface area contributed by atoms with Gasteiger partial charge in [-0.25, -0.2) is 4.79 Å². The van der Waals surface area contributed by atoms with Crippen molar-refractivity contribution in [2.75, 3.05) is 14.2 Å². The Bertz CT molecular complexity index is 1290. The van der Waals surface area contributed by atoms with Crippen LogP contribution in [0.2, 0.25) is 0 Å². The lowest BCUT2D eigenvalue weighted by molar-refractivity contribution is -0.384. The van der Waals surface area contributed by atoms with E-state index in [-0.39, 0.29) is 5.69 Å². The summed E-state index contributed by atoms with van der Waals surface area (Å²) in [5.41, 5.74) is 2.44. The van der Waals surface area contributed by atoms with Gasteiger partial charge >= 0.3 is 5.97 Å². The molecule has 0 amide bonds. The summed E-state index contributed by atoms with van der Waals surface area (Å²) < 4.78 is 15.8. The standard InChI is InChI=1S/C26H20N2O6/c1-32-24-13-8-20(16-25(24)33-2)21(17-27)15-19-5-11-23(12-6-19)34-26(29)14-7-18-3-9-22(10-4-18)28(30)31/h3-16H,1-2H3/b14-7+,21-15-. The molecule has 0 saturated heterocycles. The molecular formula is C26H20N2O6. The second-order valence-electron chi connectivity index (χ2n) is 6.91. The second-order valence-corrected chi connectivity index (χ2v) is 6.91. The van der Waals surface area contributed by atoms with Crippen molar-refractivity contribution in [1.29, 1.82) is 5.26 Å². The van der Waals surface area contributed by atoms with Crippen LogP contribution in [0.3, 0.4) is 0 Å².